The Kier molecular flexibility index (Phi) is 41.3. The van der Waals surface area contributed by atoms with E-state index in [9.17, 15) is 19.0 Å². The molecule has 0 heterocycles. The van der Waals surface area contributed by atoms with E-state index in [-0.39, 0.29) is 32.6 Å². The van der Waals surface area contributed by atoms with E-state index < -0.39 is 32.5 Å². The first-order valence-electron chi connectivity index (χ1n) is 22.0. The highest BCUT2D eigenvalue weighted by Crippen LogP contribution is 2.43. The summed E-state index contributed by atoms with van der Waals surface area (Å²) in [6, 6.07) is 0. The van der Waals surface area contributed by atoms with Gasteiger partial charge < -0.3 is 20.1 Å². The van der Waals surface area contributed by atoms with Gasteiger partial charge >= 0.3 is 19.8 Å². The molecule has 0 bridgehead atoms. The second-order valence-electron chi connectivity index (χ2n) is 13.8. The van der Waals surface area contributed by atoms with Gasteiger partial charge in [0.15, 0.2) is 6.10 Å². The van der Waals surface area contributed by atoms with Crippen molar-refractivity contribution < 1.29 is 37.6 Å². The van der Waals surface area contributed by atoms with E-state index in [1.165, 1.54) is 25.7 Å². The van der Waals surface area contributed by atoms with Crippen LogP contribution in [0.1, 0.15) is 142 Å². The minimum Gasteiger partial charge on any atom is -0.462 e. The molecule has 0 spiro atoms. The molecular formula is C49H78NO8P. The zero-order chi connectivity index (χ0) is 43.2. The Hall–Kier alpha value is -3.59. The fraction of sp³-hybridized carbons (Fsp3) is 0.551. The third kappa shape index (κ3) is 43.8. The maximum Gasteiger partial charge on any atom is 0.472 e. The summed E-state index contributed by atoms with van der Waals surface area (Å²) in [6.45, 7) is 3.43. The maximum atomic E-state index is 12.6. The van der Waals surface area contributed by atoms with Gasteiger partial charge in [0.05, 0.1) is 13.2 Å². The van der Waals surface area contributed by atoms with Crippen LogP contribution in [-0.2, 0) is 32.7 Å². The van der Waals surface area contributed by atoms with Crippen molar-refractivity contribution in [3.63, 3.8) is 0 Å². The summed E-state index contributed by atoms with van der Waals surface area (Å²) in [4.78, 5) is 34.9. The van der Waals surface area contributed by atoms with Crippen LogP contribution in [0.4, 0.5) is 0 Å². The second kappa shape index (κ2) is 44.0. The summed E-state index contributed by atoms with van der Waals surface area (Å²) < 4.78 is 32.7. The Bertz CT molecular complexity index is 1370. The van der Waals surface area contributed by atoms with Crippen molar-refractivity contribution in [3.8, 4) is 0 Å². The molecule has 0 fully saturated rings. The maximum absolute atomic E-state index is 12.6. The van der Waals surface area contributed by atoms with E-state index >= 15 is 0 Å². The molecule has 0 aliphatic heterocycles. The van der Waals surface area contributed by atoms with E-state index in [4.69, 9.17) is 24.3 Å². The van der Waals surface area contributed by atoms with Crippen molar-refractivity contribution in [1.82, 2.24) is 0 Å². The van der Waals surface area contributed by atoms with Crippen molar-refractivity contribution >= 4 is 19.8 Å². The van der Waals surface area contributed by atoms with Gasteiger partial charge in [0.25, 0.3) is 0 Å². The molecule has 0 aliphatic rings. The third-order valence-corrected chi connectivity index (χ3v) is 9.33. The molecule has 0 aromatic rings. The average Bonchev–Trinajstić information content (AvgIpc) is 3.22. The Morgan fingerprint density at radius 2 is 0.966 bits per heavy atom. The van der Waals surface area contributed by atoms with E-state index in [2.05, 4.69) is 123 Å². The summed E-state index contributed by atoms with van der Waals surface area (Å²) in [5.41, 5.74) is 5.34. The minimum absolute atomic E-state index is 0.0299. The fourth-order valence-corrected chi connectivity index (χ4v) is 5.88. The van der Waals surface area contributed by atoms with E-state index in [0.717, 1.165) is 77.0 Å². The smallest absolute Gasteiger partial charge is 0.462 e. The first-order valence-corrected chi connectivity index (χ1v) is 23.5. The van der Waals surface area contributed by atoms with Crippen LogP contribution in [-0.4, -0.2) is 49.3 Å². The second-order valence-corrected chi connectivity index (χ2v) is 15.3. The first-order chi connectivity index (χ1) is 28.8. The van der Waals surface area contributed by atoms with Gasteiger partial charge in [-0.1, -0.05) is 155 Å². The highest BCUT2D eigenvalue weighted by molar-refractivity contribution is 7.47. The molecule has 2 atom stereocenters. The predicted octanol–water partition coefficient (Wildman–Crippen LogP) is 12.9. The number of allylic oxidation sites excluding steroid dienone is 20. The quantitative estimate of drug-likeness (QED) is 0.0268. The number of ether oxygens (including phenoxy) is 2. The summed E-state index contributed by atoms with van der Waals surface area (Å²) in [6.07, 6.45) is 59.6. The summed E-state index contributed by atoms with van der Waals surface area (Å²) in [5, 5.41) is 0. The lowest BCUT2D eigenvalue weighted by Gasteiger charge is -2.19. The van der Waals surface area contributed by atoms with Crippen molar-refractivity contribution in [1.29, 1.82) is 0 Å². The van der Waals surface area contributed by atoms with Crippen LogP contribution in [0, 0.1) is 0 Å². The molecule has 0 amide bonds. The standard InChI is InChI=1S/C49H78NO8P/c1-3-5-7-9-11-13-15-17-19-21-23-25-27-29-31-33-35-37-39-41-48(51)55-45-47(46-57-59(53,54)56-44-43-50)58-49(52)42-40-38-36-34-32-30-28-26-24-22-20-18-16-14-12-10-8-6-4-2/h6,8,11-14,17-20,23-26,29-32,36,38,47H,3-5,7,9-10,15-16,21-22,27-28,33-35,37,39-46,50H2,1-2H3,(H,53,54)/t47-/m1/s1. The lowest BCUT2D eigenvalue weighted by molar-refractivity contribution is -0.161. The normalized spacial score (nSPS) is 14.4. The molecule has 59 heavy (non-hydrogen) atoms. The molecule has 9 nitrogen and oxygen atoms in total. The van der Waals surface area contributed by atoms with Gasteiger partial charge in [0.2, 0.25) is 0 Å². The molecule has 1 unspecified atom stereocenters. The van der Waals surface area contributed by atoms with Gasteiger partial charge in [0.1, 0.15) is 6.61 Å². The molecule has 0 saturated heterocycles. The number of phosphoric acid groups is 1. The summed E-state index contributed by atoms with van der Waals surface area (Å²) >= 11 is 0. The van der Waals surface area contributed by atoms with Gasteiger partial charge in [-0.15, -0.1) is 0 Å². The number of nitrogens with two attached hydrogens (primary N) is 1. The van der Waals surface area contributed by atoms with Crippen LogP contribution in [0.2, 0.25) is 0 Å². The lowest BCUT2D eigenvalue weighted by Crippen LogP contribution is -2.29. The highest BCUT2D eigenvalue weighted by atomic mass is 31.2. The monoisotopic (exact) mass is 840 g/mol. The zero-order valence-electron chi connectivity index (χ0n) is 36.4. The molecule has 0 aromatic heterocycles. The van der Waals surface area contributed by atoms with Crippen LogP contribution < -0.4 is 5.73 Å². The van der Waals surface area contributed by atoms with Crippen LogP contribution in [0.5, 0.6) is 0 Å². The van der Waals surface area contributed by atoms with Crippen molar-refractivity contribution in [2.24, 2.45) is 5.73 Å². The molecule has 0 rings (SSSR count). The number of carbonyl (C=O) groups is 2. The van der Waals surface area contributed by atoms with Gasteiger partial charge in [-0.3, -0.25) is 18.6 Å². The molecule has 10 heteroatoms. The zero-order valence-corrected chi connectivity index (χ0v) is 37.3. The minimum atomic E-state index is -4.42. The molecule has 0 saturated carbocycles. The SMILES string of the molecule is CCC=CCC=CCC=CCC=CCC=CCC=CCCC(=O)O[C@H](COC(=O)CCCCCC=CCC=CCC=CCC=CCCCCC)COP(=O)(O)OCCN. The van der Waals surface area contributed by atoms with Crippen LogP contribution in [0.15, 0.2) is 122 Å². The Morgan fingerprint density at radius 1 is 0.525 bits per heavy atom. The molecule has 0 radical (unpaired) electrons. The highest BCUT2D eigenvalue weighted by Gasteiger charge is 2.25. The van der Waals surface area contributed by atoms with Crippen LogP contribution >= 0.6 is 7.82 Å². The third-order valence-electron chi connectivity index (χ3n) is 8.35. The van der Waals surface area contributed by atoms with Crippen LogP contribution in [0.3, 0.4) is 0 Å². The molecule has 3 N–H and O–H groups in total. The number of hydrogen-bond acceptors (Lipinski definition) is 8. The summed E-state index contributed by atoms with van der Waals surface area (Å²) in [7, 11) is -4.42. The molecule has 0 aliphatic carbocycles. The van der Waals surface area contributed by atoms with Gasteiger partial charge in [0, 0.05) is 19.4 Å². The molecular weight excluding hydrogens is 762 g/mol. The molecule has 0 aromatic carbocycles. The first kappa shape index (κ1) is 55.4. The van der Waals surface area contributed by atoms with Crippen molar-refractivity contribution in [3.05, 3.63) is 122 Å². The van der Waals surface area contributed by atoms with E-state index in [1.807, 2.05) is 12.2 Å². The lowest BCUT2D eigenvalue weighted by atomic mass is 10.1. The van der Waals surface area contributed by atoms with Crippen molar-refractivity contribution in [2.45, 2.75) is 148 Å². The average molecular weight is 840 g/mol. The Morgan fingerprint density at radius 3 is 1.42 bits per heavy atom. The fourth-order valence-electron chi connectivity index (χ4n) is 5.11. The van der Waals surface area contributed by atoms with Gasteiger partial charge in [-0.25, -0.2) is 4.57 Å². The van der Waals surface area contributed by atoms with Gasteiger partial charge in [-0.2, -0.15) is 0 Å². The topological polar surface area (TPSA) is 134 Å². The predicted molar refractivity (Wildman–Crippen MR) is 247 cm³/mol. The number of phosphoric ester groups is 1. The van der Waals surface area contributed by atoms with E-state index in [0.29, 0.717) is 12.8 Å². The number of hydrogen-bond donors (Lipinski definition) is 2. The Labute approximate surface area is 358 Å². The number of rotatable bonds is 39. The molecule has 332 valence electrons. The number of esters is 2. The largest absolute Gasteiger partial charge is 0.472 e. The number of carbonyl (C=O) groups excluding carboxylic acids is 2. The number of unbranched alkanes of at least 4 members (excludes halogenated alkanes) is 6. The summed E-state index contributed by atoms with van der Waals surface area (Å²) in [5.74, 6) is -0.977. The van der Waals surface area contributed by atoms with Crippen molar-refractivity contribution in [2.75, 3.05) is 26.4 Å². The van der Waals surface area contributed by atoms with E-state index in [1.54, 1.807) is 0 Å². The van der Waals surface area contributed by atoms with Gasteiger partial charge in [-0.05, 0) is 96.3 Å². The Balaban J connectivity index is 4.37. The van der Waals surface area contributed by atoms with Crippen LogP contribution in [0.25, 0.3) is 0 Å².